The van der Waals surface area contributed by atoms with E-state index in [1.165, 1.54) is 5.56 Å². The zero-order chi connectivity index (χ0) is 14.4. The maximum atomic E-state index is 5.65. The molecule has 0 aliphatic carbocycles. The lowest BCUT2D eigenvalue weighted by Gasteiger charge is -2.13. The molecule has 0 amide bonds. The first-order valence-electron chi connectivity index (χ1n) is 7.35. The number of hydrogen-bond acceptors (Lipinski definition) is 5. The molecule has 1 saturated heterocycles. The summed E-state index contributed by atoms with van der Waals surface area (Å²) in [7, 11) is 1.71. The molecule has 0 saturated carbocycles. The molecule has 1 aromatic rings. The number of aromatic nitrogens is 2. The van der Waals surface area contributed by atoms with E-state index < -0.39 is 0 Å². The van der Waals surface area contributed by atoms with E-state index in [1.54, 1.807) is 7.11 Å². The van der Waals surface area contributed by atoms with E-state index in [4.69, 9.17) is 9.47 Å². The van der Waals surface area contributed by atoms with Crippen LogP contribution in [0.5, 0.6) is 0 Å². The van der Waals surface area contributed by atoms with Gasteiger partial charge in [0, 0.05) is 50.2 Å². The van der Waals surface area contributed by atoms with Crippen LogP contribution in [0.4, 0.5) is 0 Å². The van der Waals surface area contributed by atoms with Crippen LogP contribution in [0.25, 0.3) is 0 Å². The predicted molar refractivity (Wildman–Crippen MR) is 77.8 cm³/mol. The molecule has 1 fully saturated rings. The van der Waals surface area contributed by atoms with Crippen LogP contribution in [0.15, 0.2) is 0 Å². The van der Waals surface area contributed by atoms with Gasteiger partial charge in [0.25, 0.3) is 0 Å². The lowest BCUT2D eigenvalue weighted by Crippen LogP contribution is -2.21. The minimum Gasteiger partial charge on any atom is -0.383 e. The van der Waals surface area contributed by atoms with Gasteiger partial charge in [-0.15, -0.1) is 0 Å². The Morgan fingerprint density at radius 1 is 1.30 bits per heavy atom. The van der Waals surface area contributed by atoms with Crippen LogP contribution in [0.1, 0.15) is 35.6 Å². The third kappa shape index (κ3) is 4.23. The van der Waals surface area contributed by atoms with Crippen molar-refractivity contribution in [3.05, 3.63) is 22.8 Å². The maximum Gasteiger partial charge on any atom is 0.131 e. The largest absolute Gasteiger partial charge is 0.383 e. The first-order valence-corrected chi connectivity index (χ1v) is 7.35. The molecule has 0 bridgehead atoms. The molecule has 1 aromatic heterocycles. The van der Waals surface area contributed by atoms with Gasteiger partial charge in [0.05, 0.1) is 12.7 Å². The second kappa shape index (κ2) is 7.67. The van der Waals surface area contributed by atoms with Gasteiger partial charge in [-0.2, -0.15) is 0 Å². The van der Waals surface area contributed by atoms with Gasteiger partial charge in [0.1, 0.15) is 5.82 Å². The Balaban J connectivity index is 1.96. The number of rotatable bonds is 7. The monoisotopic (exact) mass is 279 g/mol. The molecule has 5 heteroatoms. The highest BCUT2D eigenvalue weighted by atomic mass is 16.5. The number of ether oxygens (including phenoxy) is 2. The lowest BCUT2D eigenvalue weighted by molar-refractivity contribution is 0.110. The normalized spacial score (nSPS) is 18.6. The molecule has 0 spiro atoms. The summed E-state index contributed by atoms with van der Waals surface area (Å²) >= 11 is 0. The van der Waals surface area contributed by atoms with Crippen molar-refractivity contribution >= 4 is 0 Å². The number of hydrogen-bond donors (Lipinski definition) is 1. The first-order chi connectivity index (χ1) is 9.70. The highest BCUT2D eigenvalue weighted by Gasteiger charge is 2.18. The topological polar surface area (TPSA) is 56.3 Å². The zero-order valence-electron chi connectivity index (χ0n) is 12.7. The highest BCUT2D eigenvalue weighted by Crippen LogP contribution is 2.17. The van der Waals surface area contributed by atoms with Gasteiger partial charge >= 0.3 is 0 Å². The van der Waals surface area contributed by atoms with Gasteiger partial charge in [-0.25, -0.2) is 9.97 Å². The van der Waals surface area contributed by atoms with Crippen molar-refractivity contribution in [1.82, 2.24) is 15.3 Å². The third-order valence-corrected chi connectivity index (χ3v) is 3.69. The summed E-state index contributed by atoms with van der Waals surface area (Å²) in [5, 5.41) is 3.35. The van der Waals surface area contributed by atoms with Crippen molar-refractivity contribution < 1.29 is 9.47 Å². The minimum atomic E-state index is 0.305. The van der Waals surface area contributed by atoms with E-state index in [9.17, 15) is 0 Å². The summed E-state index contributed by atoms with van der Waals surface area (Å²) in [4.78, 5) is 9.27. The molecule has 2 heterocycles. The van der Waals surface area contributed by atoms with Crippen LogP contribution in [-0.4, -0.2) is 42.9 Å². The zero-order valence-corrected chi connectivity index (χ0v) is 12.7. The average molecular weight is 279 g/mol. The molecule has 1 N–H and O–H groups in total. The molecular weight excluding hydrogens is 254 g/mol. The van der Waals surface area contributed by atoms with Gasteiger partial charge in [0.2, 0.25) is 0 Å². The minimum absolute atomic E-state index is 0.305. The van der Waals surface area contributed by atoms with Crippen molar-refractivity contribution in [2.45, 2.75) is 45.8 Å². The van der Waals surface area contributed by atoms with Gasteiger partial charge in [-0.1, -0.05) is 0 Å². The molecule has 1 atom stereocenters. The van der Waals surface area contributed by atoms with Gasteiger partial charge in [-0.3, -0.25) is 0 Å². The Labute approximate surface area is 121 Å². The Hall–Kier alpha value is -1.04. The van der Waals surface area contributed by atoms with Crippen LogP contribution in [0.2, 0.25) is 0 Å². The van der Waals surface area contributed by atoms with Crippen LogP contribution < -0.4 is 5.32 Å². The van der Waals surface area contributed by atoms with Gasteiger partial charge in [0.15, 0.2) is 0 Å². The fourth-order valence-corrected chi connectivity index (χ4v) is 2.55. The van der Waals surface area contributed by atoms with Gasteiger partial charge in [-0.05, 0) is 26.7 Å². The van der Waals surface area contributed by atoms with E-state index >= 15 is 0 Å². The SMILES string of the molecule is COCCNCc1c(C)nc(CC2CCCO2)nc1C. The molecule has 1 aliphatic rings. The van der Waals surface area contributed by atoms with Crippen LogP contribution in [-0.2, 0) is 22.4 Å². The molecule has 1 aliphatic heterocycles. The molecule has 0 aromatic carbocycles. The second-order valence-electron chi connectivity index (χ2n) is 5.30. The Morgan fingerprint density at radius 3 is 2.65 bits per heavy atom. The Kier molecular flexibility index (Phi) is 5.88. The summed E-state index contributed by atoms with van der Waals surface area (Å²) in [5.74, 6) is 0.910. The lowest BCUT2D eigenvalue weighted by atomic mass is 10.1. The number of nitrogens with zero attached hydrogens (tertiary/aromatic N) is 2. The molecule has 0 radical (unpaired) electrons. The summed E-state index contributed by atoms with van der Waals surface area (Å²) in [6.07, 6.45) is 3.42. The van der Waals surface area contributed by atoms with Crippen LogP contribution in [0.3, 0.4) is 0 Å². The molecule has 112 valence electrons. The van der Waals surface area contributed by atoms with Gasteiger partial charge < -0.3 is 14.8 Å². The number of methoxy groups -OCH3 is 1. The fourth-order valence-electron chi connectivity index (χ4n) is 2.55. The average Bonchev–Trinajstić information content (AvgIpc) is 2.90. The van der Waals surface area contributed by atoms with E-state index in [0.29, 0.717) is 6.10 Å². The van der Waals surface area contributed by atoms with Crippen molar-refractivity contribution in [1.29, 1.82) is 0 Å². The second-order valence-corrected chi connectivity index (χ2v) is 5.30. The van der Waals surface area contributed by atoms with Crippen molar-refractivity contribution in [3.63, 3.8) is 0 Å². The van der Waals surface area contributed by atoms with E-state index in [2.05, 4.69) is 29.1 Å². The first kappa shape index (κ1) is 15.4. The maximum absolute atomic E-state index is 5.65. The van der Waals surface area contributed by atoms with Crippen molar-refractivity contribution in [2.75, 3.05) is 26.9 Å². The number of nitrogens with one attached hydrogen (secondary N) is 1. The fraction of sp³-hybridized carbons (Fsp3) is 0.733. The molecule has 2 rings (SSSR count). The summed E-state index contributed by atoms with van der Waals surface area (Å²) < 4.78 is 10.7. The van der Waals surface area contributed by atoms with E-state index in [1.807, 2.05) is 0 Å². The smallest absolute Gasteiger partial charge is 0.131 e. The van der Waals surface area contributed by atoms with E-state index in [0.717, 1.165) is 62.8 Å². The van der Waals surface area contributed by atoms with Crippen molar-refractivity contribution in [3.8, 4) is 0 Å². The quantitative estimate of drug-likeness (QED) is 0.768. The molecule has 20 heavy (non-hydrogen) atoms. The van der Waals surface area contributed by atoms with E-state index in [-0.39, 0.29) is 0 Å². The Morgan fingerprint density at radius 2 is 2.05 bits per heavy atom. The third-order valence-electron chi connectivity index (χ3n) is 3.69. The Bertz CT molecular complexity index is 408. The van der Waals surface area contributed by atoms with Crippen LogP contribution >= 0.6 is 0 Å². The molecular formula is C15H25N3O2. The van der Waals surface area contributed by atoms with Crippen LogP contribution in [0, 0.1) is 13.8 Å². The summed E-state index contributed by atoms with van der Waals surface area (Å²) in [6.45, 7) is 7.34. The standard InChI is InChI=1S/C15H25N3O2/c1-11-14(10-16-6-8-19-3)12(2)18-15(17-11)9-13-5-4-7-20-13/h13,16H,4-10H2,1-3H3. The summed E-state index contributed by atoms with van der Waals surface area (Å²) in [6, 6.07) is 0. The number of aryl methyl sites for hydroxylation is 2. The predicted octanol–water partition coefficient (Wildman–Crippen LogP) is 1.55. The van der Waals surface area contributed by atoms with Crippen molar-refractivity contribution in [2.24, 2.45) is 0 Å². The molecule has 5 nitrogen and oxygen atoms in total. The molecule has 1 unspecified atom stereocenters. The highest BCUT2D eigenvalue weighted by molar-refractivity contribution is 5.24. The summed E-state index contributed by atoms with van der Waals surface area (Å²) in [5.41, 5.74) is 3.32.